The molecule has 0 aromatic rings. The molecule has 4 aliphatic rings. The molecule has 4 rings (SSSR count). The second-order valence-corrected chi connectivity index (χ2v) is 6.51. The third kappa shape index (κ3) is 0.980. The van der Waals surface area contributed by atoms with Crippen molar-refractivity contribution in [2.45, 2.75) is 69.4 Å². The molecule has 2 nitrogen and oxygen atoms in total. The van der Waals surface area contributed by atoms with Crippen LogP contribution < -0.4 is 0 Å². The lowest BCUT2D eigenvalue weighted by atomic mass is 9.64. The van der Waals surface area contributed by atoms with Crippen molar-refractivity contribution in [3.05, 3.63) is 0 Å². The van der Waals surface area contributed by atoms with E-state index in [4.69, 9.17) is 9.47 Å². The van der Waals surface area contributed by atoms with Gasteiger partial charge in [-0.3, -0.25) is 0 Å². The summed E-state index contributed by atoms with van der Waals surface area (Å²) in [7, 11) is 0. The van der Waals surface area contributed by atoms with Crippen molar-refractivity contribution in [2.24, 2.45) is 11.8 Å². The maximum atomic E-state index is 6.49. The van der Waals surface area contributed by atoms with E-state index in [1.54, 1.807) is 0 Å². The fraction of sp³-hybridized carbons (Fsp3) is 1.00. The predicted molar refractivity (Wildman–Crippen MR) is 56.6 cm³/mol. The van der Waals surface area contributed by atoms with Crippen LogP contribution in [0.4, 0.5) is 0 Å². The van der Waals surface area contributed by atoms with Gasteiger partial charge >= 0.3 is 0 Å². The van der Waals surface area contributed by atoms with Crippen LogP contribution in [0.15, 0.2) is 0 Å². The van der Waals surface area contributed by atoms with Crippen LogP contribution in [0.2, 0.25) is 0 Å². The molecule has 5 unspecified atom stereocenters. The van der Waals surface area contributed by atoms with Gasteiger partial charge in [-0.25, -0.2) is 0 Å². The van der Waals surface area contributed by atoms with E-state index in [2.05, 4.69) is 13.8 Å². The smallest absolute Gasteiger partial charge is 0.113 e. The van der Waals surface area contributed by atoms with Gasteiger partial charge in [0.2, 0.25) is 0 Å². The number of epoxide rings is 1. The Hall–Kier alpha value is -0.0800. The van der Waals surface area contributed by atoms with Crippen molar-refractivity contribution in [1.82, 2.24) is 0 Å². The van der Waals surface area contributed by atoms with Crippen molar-refractivity contribution in [2.75, 3.05) is 0 Å². The van der Waals surface area contributed by atoms with Gasteiger partial charge in [0.05, 0.1) is 11.7 Å². The molecule has 2 saturated heterocycles. The van der Waals surface area contributed by atoms with Crippen LogP contribution in [0.3, 0.4) is 0 Å². The van der Waals surface area contributed by atoms with Gasteiger partial charge in [-0.2, -0.15) is 0 Å². The van der Waals surface area contributed by atoms with E-state index in [1.165, 1.54) is 32.1 Å². The summed E-state index contributed by atoms with van der Waals surface area (Å²) in [6, 6.07) is 0. The van der Waals surface area contributed by atoms with E-state index < -0.39 is 0 Å². The average Bonchev–Trinajstić information content (AvgIpc) is 2.91. The molecule has 0 aromatic carbocycles. The highest BCUT2D eigenvalue weighted by molar-refractivity contribution is 5.17. The van der Waals surface area contributed by atoms with Gasteiger partial charge in [-0.1, -0.05) is 0 Å². The van der Waals surface area contributed by atoms with Crippen LogP contribution in [0, 0.1) is 11.8 Å². The minimum absolute atomic E-state index is 0.0998. The van der Waals surface area contributed by atoms with Crippen molar-refractivity contribution in [1.29, 1.82) is 0 Å². The second kappa shape index (κ2) is 2.43. The lowest BCUT2D eigenvalue weighted by molar-refractivity contribution is -0.131. The molecule has 2 heteroatoms. The average molecular weight is 208 g/mol. The molecular weight excluding hydrogens is 188 g/mol. The standard InChI is InChI=1S/C13H20O2/c1-12(2)9-4-3-8-5-6-10-11(14-10)13(8,7-9)15-12/h8-11H,3-7H2,1-2H3. The van der Waals surface area contributed by atoms with E-state index in [1.807, 2.05) is 0 Å². The second-order valence-electron chi connectivity index (χ2n) is 6.51. The molecule has 5 atom stereocenters. The number of ether oxygens (including phenoxy) is 2. The van der Waals surface area contributed by atoms with Gasteiger partial charge < -0.3 is 9.47 Å². The largest absolute Gasteiger partial charge is 0.366 e. The molecular formula is C13H20O2. The quantitative estimate of drug-likeness (QED) is 0.570. The third-order valence-corrected chi connectivity index (χ3v) is 5.42. The van der Waals surface area contributed by atoms with Gasteiger partial charge in [-0.15, -0.1) is 0 Å². The van der Waals surface area contributed by atoms with Crippen LogP contribution in [0.1, 0.15) is 46.0 Å². The first-order valence-corrected chi connectivity index (χ1v) is 6.47. The molecule has 2 heterocycles. The Morgan fingerprint density at radius 3 is 2.60 bits per heavy atom. The molecule has 1 spiro atoms. The lowest BCUT2D eigenvalue weighted by Gasteiger charge is -2.41. The summed E-state index contributed by atoms with van der Waals surface area (Å²) in [5.74, 6) is 1.57. The Balaban J connectivity index is 1.76. The SMILES string of the molecule is CC1(C)OC23CC1CCC2CCC1OC13. The molecule has 4 fully saturated rings. The fourth-order valence-corrected chi connectivity index (χ4v) is 4.54. The predicted octanol–water partition coefficient (Wildman–Crippen LogP) is 2.51. The molecule has 0 aromatic heterocycles. The topological polar surface area (TPSA) is 21.8 Å². The summed E-state index contributed by atoms with van der Waals surface area (Å²) in [5.41, 5.74) is 0.234. The van der Waals surface area contributed by atoms with Crippen LogP contribution >= 0.6 is 0 Å². The van der Waals surface area contributed by atoms with E-state index in [0.717, 1.165) is 11.8 Å². The third-order valence-electron chi connectivity index (χ3n) is 5.42. The number of hydrogen-bond acceptors (Lipinski definition) is 2. The zero-order valence-electron chi connectivity index (χ0n) is 9.66. The zero-order chi connectivity index (χ0) is 10.3. The highest BCUT2D eigenvalue weighted by Gasteiger charge is 2.69. The van der Waals surface area contributed by atoms with Crippen molar-refractivity contribution in [3.63, 3.8) is 0 Å². The minimum atomic E-state index is 0.0998. The van der Waals surface area contributed by atoms with Crippen molar-refractivity contribution >= 4 is 0 Å². The summed E-state index contributed by atoms with van der Waals surface area (Å²) in [4.78, 5) is 0. The van der Waals surface area contributed by atoms with Gasteiger partial charge in [0, 0.05) is 0 Å². The number of fused-ring (bicyclic) bond motifs is 2. The molecule has 0 amide bonds. The Labute approximate surface area is 91.3 Å². The van der Waals surface area contributed by atoms with Crippen LogP contribution in [-0.4, -0.2) is 23.4 Å². The zero-order valence-corrected chi connectivity index (χ0v) is 9.66. The molecule has 84 valence electrons. The fourth-order valence-electron chi connectivity index (χ4n) is 4.54. The van der Waals surface area contributed by atoms with Crippen molar-refractivity contribution < 1.29 is 9.47 Å². The Kier molecular flexibility index (Phi) is 1.46. The van der Waals surface area contributed by atoms with E-state index in [9.17, 15) is 0 Å². The van der Waals surface area contributed by atoms with E-state index >= 15 is 0 Å². The van der Waals surface area contributed by atoms with Crippen LogP contribution in [-0.2, 0) is 9.47 Å². The lowest BCUT2D eigenvalue weighted by Crippen LogP contribution is -2.48. The Bertz CT molecular complexity index is 312. The first-order chi connectivity index (χ1) is 7.12. The Morgan fingerprint density at radius 1 is 1.00 bits per heavy atom. The Morgan fingerprint density at radius 2 is 1.73 bits per heavy atom. The monoisotopic (exact) mass is 208 g/mol. The van der Waals surface area contributed by atoms with E-state index in [0.29, 0.717) is 12.2 Å². The highest BCUT2D eigenvalue weighted by Crippen LogP contribution is 2.62. The summed E-state index contributed by atoms with van der Waals surface area (Å²) in [6.45, 7) is 4.56. The highest BCUT2D eigenvalue weighted by atomic mass is 16.6. The number of rotatable bonds is 0. The maximum Gasteiger partial charge on any atom is 0.113 e. The van der Waals surface area contributed by atoms with Gasteiger partial charge in [0.1, 0.15) is 11.7 Å². The first kappa shape index (κ1) is 9.00. The maximum absolute atomic E-state index is 6.49. The molecule has 15 heavy (non-hydrogen) atoms. The molecule has 0 N–H and O–H groups in total. The van der Waals surface area contributed by atoms with Gasteiger partial charge in [0.15, 0.2) is 0 Å². The molecule has 2 aliphatic carbocycles. The summed E-state index contributed by atoms with van der Waals surface area (Å²) in [5, 5.41) is 0. The summed E-state index contributed by atoms with van der Waals surface area (Å²) in [6.07, 6.45) is 7.65. The van der Waals surface area contributed by atoms with Gasteiger partial charge in [-0.05, 0) is 57.8 Å². The van der Waals surface area contributed by atoms with Crippen molar-refractivity contribution in [3.8, 4) is 0 Å². The molecule has 2 bridgehead atoms. The molecule has 2 saturated carbocycles. The normalized spacial score (nSPS) is 59.6. The van der Waals surface area contributed by atoms with Crippen LogP contribution in [0.25, 0.3) is 0 Å². The summed E-state index contributed by atoms with van der Waals surface area (Å²) < 4.78 is 12.3. The summed E-state index contributed by atoms with van der Waals surface area (Å²) >= 11 is 0. The van der Waals surface area contributed by atoms with E-state index in [-0.39, 0.29) is 11.2 Å². The number of hydrogen-bond donors (Lipinski definition) is 0. The molecule has 0 radical (unpaired) electrons. The minimum Gasteiger partial charge on any atom is -0.366 e. The molecule has 2 aliphatic heterocycles. The van der Waals surface area contributed by atoms with Gasteiger partial charge in [0.25, 0.3) is 0 Å². The first-order valence-electron chi connectivity index (χ1n) is 6.47. The van der Waals surface area contributed by atoms with Crippen LogP contribution in [0.5, 0.6) is 0 Å².